The summed E-state index contributed by atoms with van der Waals surface area (Å²) >= 11 is 0. The van der Waals surface area contributed by atoms with Gasteiger partial charge in [-0.3, -0.25) is 9.59 Å². The van der Waals surface area contributed by atoms with Crippen LogP contribution < -0.4 is 10.6 Å². The van der Waals surface area contributed by atoms with Gasteiger partial charge < -0.3 is 15.6 Å². The summed E-state index contributed by atoms with van der Waals surface area (Å²) in [4.78, 5) is 28.0. The molecule has 30 heavy (non-hydrogen) atoms. The van der Waals surface area contributed by atoms with Gasteiger partial charge in [-0.05, 0) is 29.5 Å². The topological polar surface area (TPSA) is 99.8 Å². The first kappa shape index (κ1) is 19.7. The van der Waals surface area contributed by atoms with E-state index in [4.69, 9.17) is 0 Å². The molecule has 9 heteroatoms. The first-order chi connectivity index (χ1) is 14.4. The molecule has 0 unspecified atom stereocenters. The Hall–Kier alpha value is -3.62. The number of hydrogen-bond acceptors (Lipinski definition) is 4. The van der Waals surface area contributed by atoms with E-state index in [9.17, 15) is 18.4 Å². The number of nitrogens with one attached hydrogen (secondary N) is 3. The Morgan fingerprint density at radius 2 is 1.97 bits per heavy atom. The lowest BCUT2D eigenvalue weighted by molar-refractivity contribution is -0.118. The van der Waals surface area contributed by atoms with Crippen LogP contribution in [-0.2, 0) is 11.2 Å². The van der Waals surface area contributed by atoms with Crippen molar-refractivity contribution in [3.8, 4) is 0 Å². The van der Waals surface area contributed by atoms with Crippen LogP contribution in [0.1, 0.15) is 46.8 Å². The Bertz CT molecular complexity index is 1100. The van der Waals surface area contributed by atoms with Crippen molar-refractivity contribution in [2.24, 2.45) is 0 Å². The van der Waals surface area contributed by atoms with E-state index in [2.05, 4.69) is 25.8 Å². The Labute approximate surface area is 170 Å². The average molecular weight is 411 g/mol. The third-order valence-electron chi connectivity index (χ3n) is 5.04. The molecular formula is C21H19F2N5O2. The monoisotopic (exact) mass is 411 g/mol. The summed E-state index contributed by atoms with van der Waals surface area (Å²) in [5, 5.41) is 12.9. The van der Waals surface area contributed by atoms with Crippen molar-refractivity contribution in [1.29, 1.82) is 0 Å². The molecule has 154 valence electrons. The first-order valence-corrected chi connectivity index (χ1v) is 9.47. The third kappa shape index (κ3) is 4.05. The predicted octanol–water partition coefficient (Wildman–Crippen LogP) is 2.92. The van der Waals surface area contributed by atoms with Gasteiger partial charge in [-0.2, -0.15) is 0 Å². The molecular weight excluding hydrogens is 392 g/mol. The van der Waals surface area contributed by atoms with Gasteiger partial charge in [0.15, 0.2) is 0 Å². The number of carbonyl (C=O) groups is 2. The van der Waals surface area contributed by atoms with Crippen molar-refractivity contribution in [2.45, 2.75) is 31.7 Å². The highest BCUT2D eigenvalue weighted by Gasteiger charge is 2.31. The van der Waals surface area contributed by atoms with Crippen LogP contribution >= 0.6 is 0 Å². The summed E-state index contributed by atoms with van der Waals surface area (Å²) in [6.45, 7) is 1.74. The standard InChI is InChI=1S/C21H19F2N5O2/c1-11-7-16(20(29)26-18-14(11)9-13(22)10-15(18)23)24-21(30)19-25-17(27-28-19)8-12-5-3-2-4-6-12/h2-6,9-11,16H,7-8H2,1H3,(H,24,30)(H,26,29)(H,25,27,28)/t11-,16-/m0/s1. The lowest BCUT2D eigenvalue weighted by Crippen LogP contribution is -2.43. The molecule has 2 aromatic carbocycles. The van der Waals surface area contributed by atoms with Gasteiger partial charge in [0, 0.05) is 12.5 Å². The summed E-state index contributed by atoms with van der Waals surface area (Å²) in [6, 6.07) is 10.5. The zero-order valence-electron chi connectivity index (χ0n) is 16.1. The van der Waals surface area contributed by atoms with Crippen LogP contribution in [0.2, 0.25) is 0 Å². The van der Waals surface area contributed by atoms with E-state index in [0.29, 0.717) is 23.9 Å². The fourth-order valence-electron chi connectivity index (χ4n) is 3.53. The summed E-state index contributed by atoms with van der Waals surface area (Å²) in [5.41, 5.74) is 1.29. The Balaban J connectivity index is 1.47. The molecule has 0 saturated heterocycles. The predicted molar refractivity (Wildman–Crippen MR) is 105 cm³/mol. The second-order valence-corrected chi connectivity index (χ2v) is 7.29. The molecule has 3 aromatic rings. The molecule has 0 fully saturated rings. The number of fused-ring (bicyclic) bond motifs is 1. The number of halogens is 2. The van der Waals surface area contributed by atoms with Gasteiger partial charge in [-0.15, -0.1) is 10.2 Å². The number of aromatic amines is 1. The summed E-state index contributed by atoms with van der Waals surface area (Å²) in [7, 11) is 0. The number of amides is 2. The molecule has 2 atom stereocenters. The number of anilines is 1. The largest absolute Gasteiger partial charge is 0.337 e. The van der Waals surface area contributed by atoms with Gasteiger partial charge in [0.1, 0.15) is 23.5 Å². The molecule has 0 radical (unpaired) electrons. The highest BCUT2D eigenvalue weighted by atomic mass is 19.1. The van der Waals surface area contributed by atoms with Crippen LogP contribution in [0.4, 0.5) is 14.5 Å². The maximum absolute atomic E-state index is 14.1. The van der Waals surface area contributed by atoms with E-state index in [1.165, 1.54) is 6.07 Å². The SMILES string of the molecule is C[C@H]1C[C@H](NC(=O)c2nnc(Cc3ccccc3)[nH]2)C(=O)Nc2c(F)cc(F)cc21. The van der Waals surface area contributed by atoms with E-state index in [1.807, 2.05) is 30.3 Å². The molecule has 1 aliphatic rings. The van der Waals surface area contributed by atoms with Gasteiger partial charge in [0.2, 0.25) is 11.7 Å². The van der Waals surface area contributed by atoms with Crippen molar-refractivity contribution >= 4 is 17.5 Å². The van der Waals surface area contributed by atoms with Crippen molar-refractivity contribution in [3.05, 3.63) is 76.9 Å². The molecule has 4 rings (SSSR count). The third-order valence-corrected chi connectivity index (χ3v) is 5.04. The minimum atomic E-state index is -0.940. The van der Waals surface area contributed by atoms with Crippen molar-refractivity contribution in [2.75, 3.05) is 5.32 Å². The Morgan fingerprint density at radius 3 is 2.73 bits per heavy atom. The highest BCUT2D eigenvalue weighted by Crippen LogP contribution is 2.34. The number of rotatable bonds is 4. The minimum absolute atomic E-state index is 0.0274. The van der Waals surface area contributed by atoms with Gasteiger partial charge in [-0.25, -0.2) is 8.78 Å². The van der Waals surface area contributed by atoms with Crippen LogP contribution in [0, 0.1) is 11.6 Å². The van der Waals surface area contributed by atoms with Gasteiger partial charge in [0.05, 0.1) is 5.69 Å². The molecule has 0 aliphatic carbocycles. The molecule has 1 aromatic heterocycles. The molecule has 2 heterocycles. The normalized spacial score (nSPS) is 18.3. The van der Waals surface area contributed by atoms with Crippen LogP contribution in [-0.4, -0.2) is 33.0 Å². The van der Waals surface area contributed by atoms with Gasteiger partial charge >= 0.3 is 0 Å². The van der Waals surface area contributed by atoms with E-state index < -0.39 is 29.5 Å². The lowest BCUT2D eigenvalue weighted by atomic mass is 9.94. The van der Waals surface area contributed by atoms with Gasteiger partial charge in [-0.1, -0.05) is 37.3 Å². The Kier molecular flexibility index (Phi) is 5.26. The van der Waals surface area contributed by atoms with Crippen LogP contribution in [0.5, 0.6) is 0 Å². The number of nitrogens with zero attached hydrogens (tertiary/aromatic N) is 2. The van der Waals surface area contributed by atoms with Crippen LogP contribution in [0.25, 0.3) is 0 Å². The second kappa shape index (κ2) is 8.02. The maximum atomic E-state index is 14.1. The zero-order valence-corrected chi connectivity index (χ0v) is 16.1. The lowest BCUT2D eigenvalue weighted by Gasteiger charge is -2.16. The number of aromatic nitrogens is 3. The number of H-pyrrole nitrogens is 1. The zero-order chi connectivity index (χ0) is 21.3. The smallest absolute Gasteiger partial charge is 0.289 e. The second-order valence-electron chi connectivity index (χ2n) is 7.29. The fourth-order valence-corrected chi connectivity index (χ4v) is 3.53. The first-order valence-electron chi connectivity index (χ1n) is 9.47. The number of carbonyl (C=O) groups excluding carboxylic acids is 2. The molecule has 7 nitrogen and oxygen atoms in total. The van der Waals surface area contributed by atoms with Crippen molar-refractivity contribution in [1.82, 2.24) is 20.5 Å². The molecule has 0 bridgehead atoms. The molecule has 2 amide bonds. The molecule has 3 N–H and O–H groups in total. The minimum Gasteiger partial charge on any atom is -0.337 e. The van der Waals surface area contributed by atoms with Crippen molar-refractivity contribution in [3.63, 3.8) is 0 Å². The summed E-state index contributed by atoms with van der Waals surface area (Å²) in [5.74, 6) is -2.64. The van der Waals surface area contributed by atoms with E-state index in [-0.39, 0.29) is 23.9 Å². The van der Waals surface area contributed by atoms with Gasteiger partial charge in [0.25, 0.3) is 5.91 Å². The number of benzene rings is 2. The number of hydrogen-bond donors (Lipinski definition) is 3. The quantitative estimate of drug-likeness (QED) is 0.615. The van der Waals surface area contributed by atoms with Crippen LogP contribution in [0.15, 0.2) is 42.5 Å². The highest BCUT2D eigenvalue weighted by molar-refractivity contribution is 6.01. The summed E-state index contributed by atoms with van der Waals surface area (Å²) in [6.07, 6.45) is 0.653. The van der Waals surface area contributed by atoms with E-state index in [1.54, 1.807) is 6.92 Å². The van der Waals surface area contributed by atoms with Crippen LogP contribution in [0.3, 0.4) is 0 Å². The molecule has 1 aliphatic heterocycles. The average Bonchev–Trinajstić information content (AvgIpc) is 3.14. The van der Waals surface area contributed by atoms with E-state index in [0.717, 1.165) is 5.56 Å². The molecule has 0 spiro atoms. The summed E-state index contributed by atoms with van der Waals surface area (Å²) < 4.78 is 27.7. The maximum Gasteiger partial charge on any atom is 0.289 e. The fraction of sp³-hybridized carbons (Fsp3) is 0.238. The van der Waals surface area contributed by atoms with E-state index >= 15 is 0 Å². The molecule has 0 saturated carbocycles. The van der Waals surface area contributed by atoms with Crippen molar-refractivity contribution < 1.29 is 18.4 Å². The Morgan fingerprint density at radius 1 is 1.20 bits per heavy atom.